The number of aromatic nitrogens is 2. The maximum Gasteiger partial charge on any atom is 0.132 e. The lowest BCUT2D eigenvalue weighted by Crippen LogP contribution is -2.03. The zero-order valence-electron chi connectivity index (χ0n) is 8.76. The smallest absolute Gasteiger partial charge is 0.132 e. The van der Waals surface area contributed by atoms with Gasteiger partial charge in [-0.3, -0.25) is 0 Å². The standard InChI is InChI=1S/C11H16N2S/c1-3-9-7(2)11(14)13-10(12-9)6-8-4-5-8/h8H,3-6H2,1-2H3,(H,12,13,14). The molecule has 0 saturated heterocycles. The third-order valence-electron chi connectivity index (χ3n) is 2.84. The van der Waals surface area contributed by atoms with E-state index in [1.807, 2.05) is 6.92 Å². The number of nitrogens with one attached hydrogen (secondary N) is 1. The lowest BCUT2D eigenvalue weighted by Gasteiger charge is -2.06. The van der Waals surface area contributed by atoms with Crippen LogP contribution >= 0.6 is 12.2 Å². The highest BCUT2D eigenvalue weighted by Crippen LogP contribution is 2.31. The summed E-state index contributed by atoms with van der Waals surface area (Å²) in [5.74, 6) is 1.94. The molecule has 3 heteroatoms. The van der Waals surface area contributed by atoms with Gasteiger partial charge in [0.05, 0.1) is 0 Å². The monoisotopic (exact) mass is 208 g/mol. The first-order valence-corrected chi connectivity index (χ1v) is 5.70. The number of aryl methyl sites for hydroxylation is 1. The molecule has 14 heavy (non-hydrogen) atoms. The Balaban J connectivity index is 2.31. The van der Waals surface area contributed by atoms with Gasteiger partial charge < -0.3 is 4.98 Å². The maximum atomic E-state index is 5.24. The van der Waals surface area contributed by atoms with Crippen LogP contribution in [0.25, 0.3) is 0 Å². The summed E-state index contributed by atoms with van der Waals surface area (Å²) in [6.45, 7) is 4.19. The van der Waals surface area contributed by atoms with Gasteiger partial charge in [0.2, 0.25) is 0 Å². The van der Waals surface area contributed by atoms with Crippen LogP contribution < -0.4 is 0 Å². The van der Waals surface area contributed by atoms with Crippen molar-refractivity contribution in [3.63, 3.8) is 0 Å². The number of aromatic amines is 1. The molecule has 1 aliphatic rings. The van der Waals surface area contributed by atoms with Crippen molar-refractivity contribution in [3.05, 3.63) is 21.7 Å². The fraction of sp³-hybridized carbons (Fsp3) is 0.636. The van der Waals surface area contributed by atoms with E-state index < -0.39 is 0 Å². The normalized spacial score (nSPS) is 15.9. The molecule has 1 heterocycles. The first-order chi connectivity index (χ1) is 6.70. The summed E-state index contributed by atoms with van der Waals surface area (Å²) >= 11 is 5.24. The SMILES string of the molecule is CCc1[nH]c(CC2CC2)nc(=S)c1C. The highest BCUT2D eigenvalue weighted by Gasteiger charge is 2.22. The summed E-state index contributed by atoms with van der Waals surface area (Å²) in [5.41, 5.74) is 2.39. The molecule has 0 radical (unpaired) electrons. The van der Waals surface area contributed by atoms with E-state index in [9.17, 15) is 0 Å². The topological polar surface area (TPSA) is 28.7 Å². The molecule has 1 fully saturated rings. The van der Waals surface area contributed by atoms with Gasteiger partial charge in [-0.2, -0.15) is 0 Å². The van der Waals surface area contributed by atoms with Gasteiger partial charge in [0.15, 0.2) is 0 Å². The Hall–Kier alpha value is -0.700. The van der Waals surface area contributed by atoms with Gasteiger partial charge in [-0.05, 0) is 32.1 Å². The molecule has 0 bridgehead atoms. The van der Waals surface area contributed by atoms with Gasteiger partial charge in [0, 0.05) is 17.7 Å². The fourth-order valence-corrected chi connectivity index (χ4v) is 1.91. The first kappa shape index (κ1) is 9.84. The second-order valence-electron chi connectivity index (χ2n) is 4.09. The van der Waals surface area contributed by atoms with Gasteiger partial charge in [-0.15, -0.1) is 0 Å². The van der Waals surface area contributed by atoms with E-state index in [-0.39, 0.29) is 0 Å². The van der Waals surface area contributed by atoms with E-state index in [1.54, 1.807) is 0 Å². The molecular weight excluding hydrogens is 192 g/mol. The Morgan fingerprint density at radius 1 is 1.50 bits per heavy atom. The summed E-state index contributed by atoms with van der Waals surface area (Å²) < 4.78 is 0.774. The third kappa shape index (κ3) is 2.03. The molecule has 1 N–H and O–H groups in total. The Morgan fingerprint density at radius 3 is 2.79 bits per heavy atom. The highest BCUT2D eigenvalue weighted by atomic mass is 32.1. The Kier molecular flexibility index (Phi) is 2.68. The Bertz CT molecular complexity index is 391. The minimum absolute atomic E-state index is 0.774. The zero-order chi connectivity index (χ0) is 10.1. The molecule has 1 aliphatic carbocycles. The van der Waals surface area contributed by atoms with Crippen molar-refractivity contribution in [1.29, 1.82) is 0 Å². The average Bonchev–Trinajstić information content (AvgIpc) is 2.95. The van der Waals surface area contributed by atoms with Crippen LogP contribution in [0.5, 0.6) is 0 Å². The first-order valence-electron chi connectivity index (χ1n) is 5.29. The number of rotatable bonds is 3. The van der Waals surface area contributed by atoms with Crippen LogP contribution in [-0.2, 0) is 12.8 Å². The molecule has 0 aliphatic heterocycles. The van der Waals surface area contributed by atoms with Crippen LogP contribution in [-0.4, -0.2) is 9.97 Å². The van der Waals surface area contributed by atoms with Crippen LogP contribution in [0.4, 0.5) is 0 Å². The van der Waals surface area contributed by atoms with Crippen molar-refractivity contribution in [2.75, 3.05) is 0 Å². The minimum Gasteiger partial charge on any atom is -0.347 e. The summed E-state index contributed by atoms with van der Waals surface area (Å²) in [6.07, 6.45) is 4.81. The van der Waals surface area contributed by atoms with Crippen LogP contribution in [0, 0.1) is 17.5 Å². The molecule has 2 nitrogen and oxygen atoms in total. The van der Waals surface area contributed by atoms with Crippen molar-refractivity contribution >= 4 is 12.2 Å². The maximum absolute atomic E-state index is 5.24. The molecule has 0 amide bonds. The van der Waals surface area contributed by atoms with E-state index in [4.69, 9.17) is 12.2 Å². The average molecular weight is 208 g/mol. The van der Waals surface area contributed by atoms with E-state index in [2.05, 4.69) is 16.9 Å². The van der Waals surface area contributed by atoms with Crippen molar-refractivity contribution in [1.82, 2.24) is 9.97 Å². The summed E-state index contributed by atoms with van der Waals surface area (Å²) in [5, 5.41) is 0. The lowest BCUT2D eigenvalue weighted by atomic mass is 10.2. The minimum atomic E-state index is 0.774. The fourth-order valence-electron chi connectivity index (χ4n) is 1.68. The largest absolute Gasteiger partial charge is 0.347 e. The number of nitrogens with zero attached hydrogens (tertiary/aromatic N) is 1. The van der Waals surface area contributed by atoms with E-state index in [1.165, 1.54) is 18.5 Å². The molecule has 0 aromatic carbocycles. The quantitative estimate of drug-likeness (QED) is 0.774. The van der Waals surface area contributed by atoms with Crippen molar-refractivity contribution in [2.45, 2.75) is 39.5 Å². The van der Waals surface area contributed by atoms with Crippen molar-refractivity contribution in [2.24, 2.45) is 5.92 Å². The molecule has 0 spiro atoms. The molecule has 1 saturated carbocycles. The van der Waals surface area contributed by atoms with Gasteiger partial charge in [0.1, 0.15) is 10.5 Å². The van der Waals surface area contributed by atoms with E-state index in [0.717, 1.165) is 34.8 Å². The van der Waals surface area contributed by atoms with Crippen molar-refractivity contribution in [3.8, 4) is 0 Å². The Labute approximate surface area is 89.8 Å². The highest BCUT2D eigenvalue weighted by molar-refractivity contribution is 7.71. The second kappa shape index (κ2) is 3.81. The number of hydrogen-bond donors (Lipinski definition) is 1. The van der Waals surface area contributed by atoms with E-state index >= 15 is 0 Å². The molecule has 2 rings (SSSR count). The second-order valence-corrected chi connectivity index (χ2v) is 4.48. The van der Waals surface area contributed by atoms with Crippen LogP contribution in [0.3, 0.4) is 0 Å². The lowest BCUT2D eigenvalue weighted by molar-refractivity contribution is 0.751. The van der Waals surface area contributed by atoms with Gasteiger partial charge in [0.25, 0.3) is 0 Å². The molecule has 0 atom stereocenters. The molecule has 1 aromatic heterocycles. The molecular formula is C11H16N2S. The predicted molar refractivity (Wildman–Crippen MR) is 60.0 cm³/mol. The van der Waals surface area contributed by atoms with Gasteiger partial charge in [-0.25, -0.2) is 4.98 Å². The predicted octanol–water partition coefficient (Wildman–Crippen LogP) is 2.96. The summed E-state index contributed by atoms with van der Waals surface area (Å²) in [4.78, 5) is 7.82. The van der Waals surface area contributed by atoms with Crippen LogP contribution in [0.2, 0.25) is 0 Å². The zero-order valence-corrected chi connectivity index (χ0v) is 9.58. The van der Waals surface area contributed by atoms with Gasteiger partial charge in [-0.1, -0.05) is 19.1 Å². The number of hydrogen-bond acceptors (Lipinski definition) is 2. The van der Waals surface area contributed by atoms with Crippen LogP contribution in [0.1, 0.15) is 36.8 Å². The molecule has 76 valence electrons. The summed E-state index contributed by atoms with van der Waals surface area (Å²) in [7, 11) is 0. The van der Waals surface area contributed by atoms with Crippen molar-refractivity contribution < 1.29 is 0 Å². The summed E-state index contributed by atoms with van der Waals surface area (Å²) in [6, 6.07) is 0. The van der Waals surface area contributed by atoms with Gasteiger partial charge >= 0.3 is 0 Å². The van der Waals surface area contributed by atoms with Crippen LogP contribution in [0.15, 0.2) is 0 Å². The van der Waals surface area contributed by atoms with E-state index in [0.29, 0.717) is 0 Å². The third-order valence-corrected chi connectivity index (χ3v) is 3.24. The molecule has 1 aromatic rings. The number of H-pyrrole nitrogens is 1. The molecule has 0 unspecified atom stereocenters. The Morgan fingerprint density at radius 2 is 2.21 bits per heavy atom.